The molecule has 1 aliphatic rings. The summed E-state index contributed by atoms with van der Waals surface area (Å²) in [6.45, 7) is 6.86. The highest BCUT2D eigenvalue weighted by atomic mass is 32.2. The summed E-state index contributed by atoms with van der Waals surface area (Å²) in [5.74, 6) is 0.459. The molecule has 1 aromatic heterocycles. The molecule has 1 unspecified atom stereocenters. The quantitative estimate of drug-likeness (QED) is 0.537. The summed E-state index contributed by atoms with van der Waals surface area (Å²) in [6.07, 6.45) is 3.72. The van der Waals surface area contributed by atoms with Gasteiger partial charge in [-0.3, -0.25) is 14.3 Å². The van der Waals surface area contributed by atoms with Gasteiger partial charge in [0.2, 0.25) is 5.91 Å². The number of thioether (sulfide) groups is 1. The zero-order valence-electron chi connectivity index (χ0n) is 18.4. The third-order valence-electron chi connectivity index (χ3n) is 6.04. The molecule has 0 saturated carbocycles. The number of aryl methyl sites for hydroxylation is 1. The van der Waals surface area contributed by atoms with Crippen molar-refractivity contribution in [1.29, 1.82) is 5.26 Å². The predicted molar refractivity (Wildman–Crippen MR) is 127 cm³/mol. The van der Waals surface area contributed by atoms with E-state index in [2.05, 4.69) is 46.5 Å². The molecule has 0 aliphatic carbocycles. The number of rotatable bonds is 6. The van der Waals surface area contributed by atoms with E-state index < -0.39 is 0 Å². The van der Waals surface area contributed by atoms with Gasteiger partial charge in [-0.2, -0.15) is 5.26 Å². The minimum Gasteiger partial charge on any atom is -0.339 e. The van der Waals surface area contributed by atoms with Gasteiger partial charge >= 0.3 is 0 Å². The SMILES string of the molecule is Cc1cccc(-n2ccnc2SCC(=O)N2CCN(C(C#N)c3ccccc3)CC2)c1C. The van der Waals surface area contributed by atoms with Crippen molar-refractivity contribution >= 4 is 17.7 Å². The lowest BCUT2D eigenvalue weighted by atomic mass is 10.1. The van der Waals surface area contributed by atoms with Gasteiger partial charge in [0.15, 0.2) is 5.16 Å². The smallest absolute Gasteiger partial charge is 0.233 e. The third kappa shape index (κ3) is 4.72. The molecular weight excluding hydrogens is 418 g/mol. The first-order valence-electron chi connectivity index (χ1n) is 10.8. The van der Waals surface area contributed by atoms with E-state index in [0.717, 1.165) is 16.4 Å². The fraction of sp³-hybridized carbons (Fsp3) is 0.320. The molecule has 1 aliphatic heterocycles. The number of hydrogen-bond donors (Lipinski definition) is 0. The Morgan fingerprint density at radius 3 is 2.56 bits per heavy atom. The first-order valence-corrected chi connectivity index (χ1v) is 11.8. The molecule has 0 N–H and O–H groups in total. The number of nitrogens with zero attached hydrogens (tertiary/aromatic N) is 5. The number of piperazine rings is 1. The maximum absolute atomic E-state index is 12.9. The average molecular weight is 446 g/mol. The van der Waals surface area contributed by atoms with Crippen LogP contribution in [-0.2, 0) is 4.79 Å². The van der Waals surface area contributed by atoms with Gasteiger partial charge in [-0.05, 0) is 36.6 Å². The highest BCUT2D eigenvalue weighted by Crippen LogP contribution is 2.25. The number of imidazole rings is 1. The number of amides is 1. The summed E-state index contributed by atoms with van der Waals surface area (Å²) < 4.78 is 2.05. The molecule has 2 heterocycles. The molecule has 164 valence electrons. The molecule has 1 atom stereocenters. The largest absolute Gasteiger partial charge is 0.339 e. The average Bonchev–Trinajstić information content (AvgIpc) is 3.29. The van der Waals surface area contributed by atoms with E-state index in [1.54, 1.807) is 6.20 Å². The first kappa shape index (κ1) is 22.1. The van der Waals surface area contributed by atoms with Gasteiger partial charge in [0.05, 0.1) is 17.5 Å². The van der Waals surface area contributed by atoms with Gasteiger partial charge < -0.3 is 4.90 Å². The summed E-state index contributed by atoms with van der Waals surface area (Å²) >= 11 is 1.47. The lowest BCUT2D eigenvalue weighted by molar-refractivity contribution is -0.130. The molecule has 1 fully saturated rings. The molecule has 32 heavy (non-hydrogen) atoms. The second kappa shape index (κ2) is 10.0. The van der Waals surface area contributed by atoms with Crippen molar-refractivity contribution in [2.24, 2.45) is 0 Å². The number of nitriles is 1. The Morgan fingerprint density at radius 1 is 1.09 bits per heavy atom. The van der Waals surface area contributed by atoms with Crippen LogP contribution in [0.25, 0.3) is 5.69 Å². The molecule has 1 saturated heterocycles. The molecule has 0 spiro atoms. The summed E-state index contributed by atoms with van der Waals surface area (Å²) in [5.41, 5.74) is 4.53. The van der Waals surface area contributed by atoms with Crippen LogP contribution in [0.3, 0.4) is 0 Å². The predicted octanol–water partition coefficient (Wildman–Crippen LogP) is 3.99. The van der Waals surface area contributed by atoms with Crippen molar-refractivity contribution in [3.8, 4) is 11.8 Å². The van der Waals surface area contributed by atoms with Crippen LogP contribution in [0.15, 0.2) is 66.1 Å². The molecule has 6 nitrogen and oxygen atoms in total. The minimum absolute atomic E-state index is 0.110. The van der Waals surface area contributed by atoms with E-state index in [9.17, 15) is 10.1 Å². The van der Waals surface area contributed by atoms with Crippen molar-refractivity contribution in [2.45, 2.75) is 25.0 Å². The van der Waals surface area contributed by atoms with Gasteiger partial charge in [-0.15, -0.1) is 0 Å². The molecule has 0 bridgehead atoms. The van der Waals surface area contributed by atoms with Crippen molar-refractivity contribution in [2.75, 3.05) is 31.9 Å². The van der Waals surface area contributed by atoms with Crippen molar-refractivity contribution in [3.63, 3.8) is 0 Å². The summed E-state index contributed by atoms with van der Waals surface area (Å²) in [4.78, 5) is 21.4. The van der Waals surface area contributed by atoms with E-state index in [1.165, 1.54) is 22.9 Å². The van der Waals surface area contributed by atoms with Gasteiger partial charge in [-0.1, -0.05) is 54.2 Å². The lowest BCUT2D eigenvalue weighted by Gasteiger charge is -2.37. The van der Waals surface area contributed by atoms with Crippen LogP contribution in [0, 0.1) is 25.2 Å². The number of benzene rings is 2. The molecule has 4 rings (SSSR count). The maximum Gasteiger partial charge on any atom is 0.233 e. The Morgan fingerprint density at radius 2 is 1.84 bits per heavy atom. The van der Waals surface area contributed by atoms with Crippen LogP contribution in [0.1, 0.15) is 22.7 Å². The number of carbonyl (C=O) groups is 1. The van der Waals surface area contributed by atoms with E-state index >= 15 is 0 Å². The van der Waals surface area contributed by atoms with E-state index in [0.29, 0.717) is 31.9 Å². The van der Waals surface area contributed by atoms with Crippen molar-refractivity contribution < 1.29 is 4.79 Å². The van der Waals surface area contributed by atoms with E-state index in [4.69, 9.17) is 0 Å². The topological polar surface area (TPSA) is 65.2 Å². The Hall–Kier alpha value is -3.08. The van der Waals surface area contributed by atoms with Crippen molar-refractivity contribution in [3.05, 3.63) is 77.6 Å². The Labute approximate surface area is 193 Å². The molecule has 3 aromatic rings. The van der Waals surface area contributed by atoms with Gasteiger partial charge in [-0.25, -0.2) is 4.98 Å². The monoisotopic (exact) mass is 445 g/mol. The minimum atomic E-state index is -0.270. The summed E-state index contributed by atoms with van der Waals surface area (Å²) in [6, 6.07) is 18.2. The Bertz CT molecular complexity index is 1110. The maximum atomic E-state index is 12.9. The molecular formula is C25H27N5OS. The molecule has 2 aromatic carbocycles. The van der Waals surface area contributed by atoms with Crippen LogP contribution in [0.5, 0.6) is 0 Å². The van der Waals surface area contributed by atoms with Crippen LogP contribution < -0.4 is 0 Å². The van der Waals surface area contributed by atoms with Crippen LogP contribution in [0.2, 0.25) is 0 Å². The first-order chi connectivity index (χ1) is 15.6. The number of aromatic nitrogens is 2. The van der Waals surface area contributed by atoms with Gasteiger partial charge in [0, 0.05) is 38.6 Å². The van der Waals surface area contributed by atoms with E-state index in [1.807, 2.05) is 47.5 Å². The van der Waals surface area contributed by atoms with Gasteiger partial charge in [0.25, 0.3) is 0 Å². The van der Waals surface area contributed by atoms with Gasteiger partial charge in [0.1, 0.15) is 6.04 Å². The Kier molecular flexibility index (Phi) is 6.93. The van der Waals surface area contributed by atoms with Crippen LogP contribution >= 0.6 is 11.8 Å². The fourth-order valence-electron chi connectivity index (χ4n) is 4.03. The molecule has 1 amide bonds. The van der Waals surface area contributed by atoms with Crippen molar-refractivity contribution in [1.82, 2.24) is 19.4 Å². The molecule has 0 radical (unpaired) electrons. The Balaban J connectivity index is 1.34. The standard InChI is InChI=1S/C25H27N5OS/c1-19-7-6-10-22(20(19)2)30-12-11-27-25(30)32-18-24(31)29-15-13-28(14-16-29)23(17-26)21-8-4-3-5-9-21/h3-12,23H,13-16,18H2,1-2H3. The highest BCUT2D eigenvalue weighted by Gasteiger charge is 2.27. The third-order valence-corrected chi connectivity index (χ3v) is 6.99. The normalized spacial score (nSPS) is 15.3. The summed E-state index contributed by atoms with van der Waals surface area (Å²) in [7, 11) is 0. The van der Waals surface area contributed by atoms with Crippen LogP contribution in [0.4, 0.5) is 0 Å². The number of carbonyl (C=O) groups excluding carboxylic acids is 1. The summed E-state index contributed by atoms with van der Waals surface area (Å²) in [5, 5.41) is 10.5. The zero-order chi connectivity index (χ0) is 22.5. The molecule has 7 heteroatoms. The second-order valence-corrected chi connectivity index (χ2v) is 8.89. The lowest BCUT2D eigenvalue weighted by Crippen LogP contribution is -2.50. The van der Waals surface area contributed by atoms with E-state index in [-0.39, 0.29) is 11.9 Å². The zero-order valence-corrected chi connectivity index (χ0v) is 19.3. The highest BCUT2D eigenvalue weighted by molar-refractivity contribution is 7.99. The second-order valence-electron chi connectivity index (χ2n) is 7.95. The number of hydrogen-bond acceptors (Lipinski definition) is 5. The fourth-order valence-corrected chi connectivity index (χ4v) is 4.89. The van der Waals surface area contributed by atoms with Crippen LogP contribution in [-0.4, -0.2) is 57.2 Å².